The number of hydrogen-bond acceptors (Lipinski definition) is 4. The van der Waals surface area contributed by atoms with E-state index >= 15 is 0 Å². The molecule has 0 saturated heterocycles. The van der Waals surface area contributed by atoms with Crippen LogP contribution < -0.4 is 10.1 Å². The van der Waals surface area contributed by atoms with E-state index in [1.54, 1.807) is 17.0 Å². The van der Waals surface area contributed by atoms with E-state index < -0.39 is 0 Å². The van der Waals surface area contributed by atoms with Crippen LogP contribution in [0.2, 0.25) is 0 Å². The number of nitrogens with one attached hydrogen (secondary N) is 1. The Morgan fingerprint density at radius 2 is 1.90 bits per heavy atom. The van der Waals surface area contributed by atoms with E-state index in [4.69, 9.17) is 9.15 Å². The second-order valence-electron chi connectivity index (χ2n) is 8.00. The summed E-state index contributed by atoms with van der Waals surface area (Å²) in [7, 11) is 0. The van der Waals surface area contributed by atoms with Crippen molar-refractivity contribution >= 4 is 17.5 Å². The van der Waals surface area contributed by atoms with Crippen LogP contribution in [0.5, 0.6) is 5.75 Å². The number of furan rings is 1. The van der Waals surface area contributed by atoms with Gasteiger partial charge in [0.1, 0.15) is 5.75 Å². The molecule has 0 spiro atoms. The largest absolute Gasteiger partial charge is 0.484 e. The molecule has 0 unspecified atom stereocenters. The SMILES string of the molecule is CC(C)c1ccc(OCC(=O)Nc2ccc3c(c2)CN(C(=O)c2ccco2)CC3)cc1. The van der Waals surface area contributed by atoms with E-state index in [1.807, 2.05) is 42.5 Å². The van der Waals surface area contributed by atoms with Crippen molar-refractivity contribution < 1.29 is 18.7 Å². The molecular formula is C25H26N2O4. The van der Waals surface area contributed by atoms with E-state index in [-0.39, 0.29) is 18.4 Å². The van der Waals surface area contributed by atoms with Gasteiger partial charge >= 0.3 is 0 Å². The molecule has 2 heterocycles. The molecule has 0 aliphatic carbocycles. The Bertz CT molecular complexity index is 1060. The quantitative estimate of drug-likeness (QED) is 0.634. The molecule has 1 aliphatic heterocycles. The van der Waals surface area contributed by atoms with E-state index in [1.165, 1.54) is 17.4 Å². The highest BCUT2D eigenvalue weighted by Gasteiger charge is 2.23. The summed E-state index contributed by atoms with van der Waals surface area (Å²) < 4.78 is 10.8. The normalized spacial score (nSPS) is 13.1. The molecule has 0 radical (unpaired) electrons. The van der Waals surface area contributed by atoms with Crippen LogP contribution in [0, 0.1) is 0 Å². The van der Waals surface area contributed by atoms with Crippen molar-refractivity contribution in [3.8, 4) is 5.75 Å². The first kappa shape index (κ1) is 20.7. The minimum Gasteiger partial charge on any atom is -0.484 e. The number of benzene rings is 2. The summed E-state index contributed by atoms with van der Waals surface area (Å²) in [5, 5.41) is 2.88. The van der Waals surface area contributed by atoms with Gasteiger partial charge < -0.3 is 19.4 Å². The number of rotatable bonds is 6. The number of hydrogen-bond donors (Lipinski definition) is 1. The number of carbonyl (C=O) groups is 2. The summed E-state index contributed by atoms with van der Waals surface area (Å²) >= 11 is 0. The molecule has 0 bridgehead atoms. The second kappa shape index (κ2) is 9.08. The van der Waals surface area contributed by atoms with Crippen molar-refractivity contribution in [3.63, 3.8) is 0 Å². The van der Waals surface area contributed by atoms with Crippen molar-refractivity contribution in [3.05, 3.63) is 83.3 Å². The van der Waals surface area contributed by atoms with E-state index in [0.717, 1.165) is 12.0 Å². The number of nitrogens with zero attached hydrogens (tertiary/aromatic N) is 1. The van der Waals surface area contributed by atoms with Gasteiger partial charge in [-0.3, -0.25) is 9.59 Å². The molecular weight excluding hydrogens is 392 g/mol. The Kier molecular flexibility index (Phi) is 6.07. The summed E-state index contributed by atoms with van der Waals surface area (Å²) in [6, 6.07) is 17.0. The van der Waals surface area contributed by atoms with E-state index in [2.05, 4.69) is 19.2 Å². The molecule has 1 N–H and O–H groups in total. The lowest BCUT2D eigenvalue weighted by Crippen LogP contribution is -2.35. The standard InChI is InChI=1S/C25H26N2O4/c1-17(2)18-6-9-22(10-7-18)31-16-24(28)26-21-8-5-19-11-12-27(15-20(19)14-21)25(29)23-4-3-13-30-23/h3-10,13-14,17H,11-12,15-16H2,1-2H3,(H,26,28). The van der Waals surface area contributed by atoms with Crippen molar-refractivity contribution in [2.45, 2.75) is 32.7 Å². The smallest absolute Gasteiger partial charge is 0.289 e. The van der Waals surface area contributed by atoms with E-state index in [9.17, 15) is 9.59 Å². The number of anilines is 1. The summed E-state index contributed by atoms with van der Waals surface area (Å²) in [4.78, 5) is 26.7. The zero-order valence-electron chi connectivity index (χ0n) is 17.8. The fourth-order valence-electron chi connectivity index (χ4n) is 3.66. The third kappa shape index (κ3) is 4.97. The summed E-state index contributed by atoms with van der Waals surface area (Å²) in [5.74, 6) is 1.10. The highest BCUT2D eigenvalue weighted by atomic mass is 16.5. The molecule has 0 fully saturated rings. The zero-order chi connectivity index (χ0) is 21.8. The Morgan fingerprint density at radius 3 is 2.61 bits per heavy atom. The Balaban J connectivity index is 1.35. The second-order valence-corrected chi connectivity index (χ2v) is 8.00. The van der Waals surface area contributed by atoms with Gasteiger partial charge in [0.25, 0.3) is 11.8 Å². The third-order valence-electron chi connectivity index (χ3n) is 5.44. The van der Waals surface area contributed by atoms with Crippen molar-refractivity contribution in [1.82, 2.24) is 4.90 Å². The molecule has 1 aliphatic rings. The monoisotopic (exact) mass is 418 g/mol. The van der Waals surface area contributed by atoms with Gasteiger partial charge in [0.2, 0.25) is 0 Å². The first-order valence-electron chi connectivity index (χ1n) is 10.5. The van der Waals surface area contributed by atoms with Crippen molar-refractivity contribution in [2.75, 3.05) is 18.5 Å². The first-order valence-corrected chi connectivity index (χ1v) is 10.5. The lowest BCUT2D eigenvalue weighted by molar-refractivity contribution is -0.118. The Hall–Kier alpha value is -3.54. The van der Waals surface area contributed by atoms with Gasteiger partial charge in [-0.05, 0) is 65.4 Å². The minimum atomic E-state index is -0.229. The molecule has 2 aromatic carbocycles. The van der Waals surface area contributed by atoms with Crippen LogP contribution in [0.4, 0.5) is 5.69 Å². The van der Waals surface area contributed by atoms with Gasteiger partial charge in [-0.25, -0.2) is 0 Å². The van der Waals surface area contributed by atoms with Crippen LogP contribution in [0.1, 0.15) is 47.0 Å². The van der Waals surface area contributed by atoms with Gasteiger partial charge in [-0.2, -0.15) is 0 Å². The molecule has 4 rings (SSSR count). The number of fused-ring (bicyclic) bond motifs is 1. The van der Waals surface area contributed by atoms with Gasteiger partial charge in [0, 0.05) is 18.8 Å². The average Bonchev–Trinajstić information content (AvgIpc) is 3.32. The van der Waals surface area contributed by atoms with E-state index in [0.29, 0.717) is 36.2 Å². The average molecular weight is 418 g/mol. The molecule has 6 heteroatoms. The van der Waals surface area contributed by atoms with Gasteiger partial charge in [0.15, 0.2) is 12.4 Å². The van der Waals surface area contributed by atoms with Crippen LogP contribution in [-0.4, -0.2) is 29.9 Å². The molecule has 0 atom stereocenters. The predicted molar refractivity (Wildman–Crippen MR) is 118 cm³/mol. The molecule has 2 amide bonds. The Morgan fingerprint density at radius 1 is 1.10 bits per heavy atom. The van der Waals surface area contributed by atoms with Gasteiger partial charge in [-0.15, -0.1) is 0 Å². The maximum atomic E-state index is 12.6. The summed E-state index contributed by atoms with van der Waals surface area (Å²) in [6.45, 7) is 5.32. The maximum Gasteiger partial charge on any atom is 0.289 e. The van der Waals surface area contributed by atoms with Gasteiger partial charge in [0.05, 0.1) is 6.26 Å². The molecule has 160 valence electrons. The van der Waals surface area contributed by atoms with Crippen LogP contribution in [0.25, 0.3) is 0 Å². The number of amides is 2. The van der Waals surface area contributed by atoms with Crippen LogP contribution in [0.3, 0.4) is 0 Å². The number of ether oxygens (including phenoxy) is 1. The lowest BCUT2D eigenvalue weighted by atomic mass is 9.99. The fourth-order valence-corrected chi connectivity index (χ4v) is 3.66. The highest BCUT2D eigenvalue weighted by molar-refractivity contribution is 5.92. The highest BCUT2D eigenvalue weighted by Crippen LogP contribution is 2.24. The zero-order valence-corrected chi connectivity index (χ0v) is 17.8. The third-order valence-corrected chi connectivity index (χ3v) is 5.44. The topological polar surface area (TPSA) is 71.8 Å². The van der Waals surface area contributed by atoms with Crippen LogP contribution in [0.15, 0.2) is 65.3 Å². The summed E-state index contributed by atoms with van der Waals surface area (Å²) in [5.41, 5.74) is 4.12. The lowest BCUT2D eigenvalue weighted by Gasteiger charge is -2.28. The molecule has 0 saturated carbocycles. The van der Waals surface area contributed by atoms with Gasteiger partial charge in [-0.1, -0.05) is 32.0 Å². The first-order chi connectivity index (χ1) is 15.0. The van der Waals surface area contributed by atoms with Crippen molar-refractivity contribution in [2.24, 2.45) is 0 Å². The molecule has 3 aromatic rings. The van der Waals surface area contributed by atoms with Crippen LogP contribution >= 0.6 is 0 Å². The number of carbonyl (C=O) groups excluding carboxylic acids is 2. The minimum absolute atomic E-state index is 0.0682. The fraction of sp³-hybridized carbons (Fsp3) is 0.280. The Labute approximate surface area is 181 Å². The van der Waals surface area contributed by atoms with Crippen molar-refractivity contribution in [1.29, 1.82) is 0 Å². The summed E-state index contributed by atoms with van der Waals surface area (Å²) in [6.07, 6.45) is 2.27. The van der Waals surface area contributed by atoms with Crippen LogP contribution in [-0.2, 0) is 17.8 Å². The molecule has 1 aromatic heterocycles. The maximum absolute atomic E-state index is 12.6. The predicted octanol–water partition coefficient (Wildman–Crippen LogP) is 4.62. The molecule has 31 heavy (non-hydrogen) atoms. The molecule has 6 nitrogen and oxygen atoms in total.